The second-order valence-corrected chi connectivity index (χ2v) is 9.23. The number of amides is 1. The molecule has 5 rings (SSSR count). The molecule has 9 heteroatoms. The molecule has 0 aliphatic carbocycles. The zero-order valence-electron chi connectivity index (χ0n) is 18.4. The second kappa shape index (κ2) is 9.52. The Morgan fingerprint density at radius 3 is 2.70 bits per heavy atom. The predicted octanol–water partition coefficient (Wildman–Crippen LogP) is 3.19. The van der Waals surface area contributed by atoms with Gasteiger partial charge in [0.05, 0.1) is 17.9 Å². The standard InChI is InChI=1S/C24H26FN5O2S/c25-19-6-4-5-17(13-19)20-14-18-16-29(24(32)21-15-26-33-27-21)10-7-22(18)30(23(20)31)12-11-28-8-2-1-3-9-28/h4-6,13-15H,1-3,7-12,16H2. The number of aromatic nitrogens is 3. The summed E-state index contributed by atoms with van der Waals surface area (Å²) in [6.07, 6.45) is 5.73. The van der Waals surface area contributed by atoms with Gasteiger partial charge in [-0.2, -0.15) is 8.75 Å². The van der Waals surface area contributed by atoms with E-state index in [0.717, 1.165) is 42.6 Å². The van der Waals surface area contributed by atoms with E-state index < -0.39 is 0 Å². The number of likely N-dealkylation sites (tertiary alicyclic amines) is 1. The van der Waals surface area contributed by atoms with Crippen LogP contribution in [0.25, 0.3) is 11.1 Å². The Balaban J connectivity index is 1.51. The van der Waals surface area contributed by atoms with E-state index in [1.807, 2.05) is 10.6 Å². The lowest BCUT2D eigenvalue weighted by atomic mass is 9.98. The van der Waals surface area contributed by atoms with Gasteiger partial charge in [-0.05, 0) is 55.3 Å². The normalized spacial score (nSPS) is 16.6. The molecule has 2 aliphatic rings. The van der Waals surface area contributed by atoms with E-state index in [1.54, 1.807) is 17.0 Å². The highest BCUT2D eigenvalue weighted by molar-refractivity contribution is 6.99. The fourth-order valence-electron chi connectivity index (χ4n) is 4.84. The van der Waals surface area contributed by atoms with Crippen molar-refractivity contribution in [1.82, 2.24) is 23.1 Å². The third-order valence-corrected chi connectivity index (χ3v) is 7.04. The van der Waals surface area contributed by atoms with Crippen LogP contribution in [0.1, 0.15) is 41.0 Å². The van der Waals surface area contributed by atoms with Gasteiger partial charge >= 0.3 is 0 Å². The van der Waals surface area contributed by atoms with Crippen molar-refractivity contribution in [2.75, 3.05) is 26.2 Å². The van der Waals surface area contributed by atoms with Crippen LogP contribution in [-0.2, 0) is 19.5 Å². The van der Waals surface area contributed by atoms with Crippen LogP contribution in [0.15, 0.2) is 41.3 Å². The fraction of sp³-hybridized carbons (Fsp3) is 0.417. The third kappa shape index (κ3) is 4.60. The first kappa shape index (κ1) is 21.9. The van der Waals surface area contributed by atoms with E-state index >= 15 is 0 Å². The predicted molar refractivity (Wildman–Crippen MR) is 125 cm³/mol. The van der Waals surface area contributed by atoms with Crippen molar-refractivity contribution in [2.24, 2.45) is 0 Å². The van der Waals surface area contributed by atoms with Gasteiger partial charge < -0.3 is 14.4 Å². The molecule has 0 atom stereocenters. The summed E-state index contributed by atoms with van der Waals surface area (Å²) in [6.45, 7) is 4.43. The van der Waals surface area contributed by atoms with Crippen molar-refractivity contribution in [3.05, 3.63) is 69.7 Å². The van der Waals surface area contributed by atoms with Crippen LogP contribution < -0.4 is 5.56 Å². The highest BCUT2D eigenvalue weighted by atomic mass is 32.1. The number of fused-ring (bicyclic) bond motifs is 1. The average molecular weight is 468 g/mol. The largest absolute Gasteiger partial charge is 0.332 e. The third-order valence-electron chi connectivity index (χ3n) is 6.56. The lowest BCUT2D eigenvalue weighted by Gasteiger charge is -2.32. The van der Waals surface area contributed by atoms with Gasteiger partial charge in [0.15, 0.2) is 5.69 Å². The minimum absolute atomic E-state index is 0.0974. The number of carbonyl (C=O) groups excluding carboxylic acids is 1. The number of hydrogen-bond acceptors (Lipinski definition) is 6. The van der Waals surface area contributed by atoms with Crippen molar-refractivity contribution >= 4 is 17.6 Å². The van der Waals surface area contributed by atoms with Crippen molar-refractivity contribution in [3.8, 4) is 11.1 Å². The topological polar surface area (TPSA) is 71.3 Å². The lowest BCUT2D eigenvalue weighted by Crippen LogP contribution is -2.41. The molecule has 2 aliphatic heterocycles. The summed E-state index contributed by atoms with van der Waals surface area (Å²) >= 11 is 1.01. The summed E-state index contributed by atoms with van der Waals surface area (Å²) in [5, 5.41) is 0. The quantitative estimate of drug-likeness (QED) is 0.576. The van der Waals surface area contributed by atoms with Gasteiger partial charge in [0, 0.05) is 43.9 Å². The molecule has 4 heterocycles. The molecule has 172 valence electrons. The van der Waals surface area contributed by atoms with Gasteiger partial charge in [-0.1, -0.05) is 18.6 Å². The molecule has 1 aromatic carbocycles. The van der Waals surface area contributed by atoms with Gasteiger partial charge in [0.25, 0.3) is 11.5 Å². The number of halogens is 1. The number of piperidine rings is 1. The summed E-state index contributed by atoms with van der Waals surface area (Å²) in [6, 6.07) is 7.98. The van der Waals surface area contributed by atoms with Gasteiger partial charge in [0.1, 0.15) is 5.82 Å². The maximum Gasteiger partial charge on any atom is 0.275 e. The van der Waals surface area contributed by atoms with E-state index in [-0.39, 0.29) is 17.3 Å². The number of benzene rings is 1. The number of pyridine rings is 1. The van der Waals surface area contributed by atoms with Crippen LogP contribution in [-0.4, -0.2) is 55.2 Å². The number of rotatable bonds is 5. The Kier molecular flexibility index (Phi) is 6.32. The zero-order valence-corrected chi connectivity index (χ0v) is 19.2. The SMILES string of the molecule is O=C(c1cnsn1)N1CCc2c(cc(-c3cccc(F)c3)c(=O)n2CCN2CCCCC2)C1. The van der Waals surface area contributed by atoms with Crippen molar-refractivity contribution in [3.63, 3.8) is 0 Å². The molecule has 7 nitrogen and oxygen atoms in total. The molecule has 0 N–H and O–H groups in total. The molecule has 1 saturated heterocycles. The van der Waals surface area contributed by atoms with Crippen molar-refractivity contribution in [1.29, 1.82) is 0 Å². The molecule has 33 heavy (non-hydrogen) atoms. The summed E-state index contributed by atoms with van der Waals surface area (Å²) < 4.78 is 23.8. The van der Waals surface area contributed by atoms with Crippen LogP contribution >= 0.6 is 11.7 Å². The van der Waals surface area contributed by atoms with Crippen LogP contribution in [0.3, 0.4) is 0 Å². The Morgan fingerprint density at radius 1 is 1.09 bits per heavy atom. The molecular weight excluding hydrogens is 441 g/mol. The number of carbonyl (C=O) groups is 1. The molecule has 0 unspecified atom stereocenters. The molecule has 0 bridgehead atoms. The monoisotopic (exact) mass is 467 g/mol. The minimum Gasteiger partial charge on any atom is -0.332 e. The van der Waals surface area contributed by atoms with Gasteiger partial charge in [-0.3, -0.25) is 9.59 Å². The van der Waals surface area contributed by atoms with Crippen molar-refractivity contribution < 1.29 is 9.18 Å². The van der Waals surface area contributed by atoms with E-state index in [1.165, 1.54) is 37.6 Å². The first-order valence-corrected chi connectivity index (χ1v) is 12.1. The van der Waals surface area contributed by atoms with Crippen LogP contribution in [0.4, 0.5) is 4.39 Å². The summed E-state index contributed by atoms with van der Waals surface area (Å²) in [5.41, 5.74) is 3.16. The first-order valence-electron chi connectivity index (χ1n) is 11.4. The molecule has 3 aromatic rings. The first-order chi connectivity index (χ1) is 16.1. The molecule has 2 aromatic heterocycles. The second-order valence-electron chi connectivity index (χ2n) is 8.67. The molecule has 1 fully saturated rings. The van der Waals surface area contributed by atoms with E-state index in [0.29, 0.717) is 42.9 Å². The zero-order chi connectivity index (χ0) is 22.8. The maximum atomic E-state index is 14.0. The van der Waals surface area contributed by atoms with Gasteiger partial charge in [-0.25, -0.2) is 4.39 Å². The highest BCUT2D eigenvalue weighted by Gasteiger charge is 2.27. The molecule has 0 spiro atoms. The summed E-state index contributed by atoms with van der Waals surface area (Å²) in [4.78, 5) is 30.6. The Hall–Kier alpha value is -2.91. The Morgan fingerprint density at radius 2 is 1.94 bits per heavy atom. The van der Waals surface area contributed by atoms with E-state index in [4.69, 9.17) is 0 Å². The fourth-order valence-corrected chi connectivity index (χ4v) is 5.24. The van der Waals surface area contributed by atoms with E-state index in [2.05, 4.69) is 13.6 Å². The van der Waals surface area contributed by atoms with Gasteiger partial charge in [0.2, 0.25) is 0 Å². The Labute approximate surface area is 195 Å². The molecule has 0 saturated carbocycles. The highest BCUT2D eigenvalue weighted by Crippen LogP contribution is 2.25. The van der Waals surface area contributed by atoms with Crippen molar-refractivity contribution in [2.45, 2.75) is 38.8 Å². The average Bonchev–Trinajstić information content (AvgIpc) is 3.38. The van der Waals surface area contributed by atoms with E-state index in [9.17, 15) is 14.0 Å². The van der Waals surface area contributed by atoms with Gasteiger partial charge in [-0.15, -0.1) is 0 Å². The lowest BCUT2D eigenvalue weighted by molar-refractivity contribution is 0.0727. The molecular formula is C24H26FN5O2S. The van der Waals surface area contributed by atoms with Crippen LogP contribution in [0.2, 0.25) is 0 Å². The molecule has 0 radical (unpaired) electrons. The number of nitrogens with zero attached hydrogens (tertiary/aromatic N) is 5. The Bertz CT molecular complexity index is 1200. The summed E-state index contributed by atoms with van der Waals surface area (Å²) in [5.74, 6) is -0.537. The van der Waals surface area contributed by atoms with Crippen LogP contribution in [0.5, 0.6) is 0 Å². The molecule has 1 amide bonds. The maximum absolute atomic E-state index is 14.0. The smallest absolute Gasteiger partial charge is 0.275 e. The minimum atomic E-state index is -0.377. The number of hydrogen-bond donors (Lipinski definition) is 0. The van der Waals surface area contributed by atoms with Crippen LogP contribution in [0, 0.1) is 5.82 Å². The summed E-state index contributed by atoms with van der Waals surface area (Å²) in [7, 11) is 0.